The van der Waals surface area contributed by atoms with Gasteiger partial charge in [0.15, 0.2) is 0 Å². The van der Waals surface area contributed by atoms with Crippen LogP contribution in [0.5, 0.6) is 0 Å². The van der Waals surface area contributed by atoms with Crippen LogP contribution in [0.15, 0.2) is 12.4 Å². The molecule has 0 spiro atoms. The van der Waals surface area contributed by atoms with Crippen molar-refractivity contribution in [1.29, 1.82) is 0 Å². The van der Waals surface area contributed by atoms with E-state index in [-0.39, 0.29) is 0 Å². The lowest BCUT2D eigenvalue weighted by molar-refractivity contribution is 0.206. The van der Waals surface area contributed by atoms with E-state index in [9.17, 15) is 0 Å². The Bertz CT molecular complexity index is 381. The first kappa shape index (κ1) is 12.2. The van der Waals surface area contributed by atoms with Gasteiger partial charge in [-0.3, -0.25) is 9.58 Å². The van der Waals surface area contributed by atoms with Gasteiger partial charge in [-0.1, -0.05) is 0 Å². The van der Waals surface area contributed by atoms with Crippen molar-refractivity contribution in [3.8, 4) is 0 Å². The number of aromatic nitrogens is 2. The van der Waals surface area contributed by atoms with Crippen LogP contribution in [-0.2, 0) is 13.1 Å². The number of hydrogen-bond acceptors (Lipinski definition) is 3. The van der Waals surface area contributed by atoms with Gasteiger partial charge < -0.3 is 5.32 Å². The van der Waals surface area contributed by atoms with Gasteiger partial charge in [0.25, 0.3) is 0 Å². The van der Waals surface area contributed by atoms with E-state index in [1.807, 2.05) is 10.9 Å². The van der Waals surface area contributed by atoms with Crippen molar-refractivity contribution < 1.29 is 0 Å². The monoisotopic (exact) mass is 248 g/mol. The Morgan fingerprint density at radius 2 is 2.33 bits per heavy atom. The molecule has 100 valence electrons. The second-order valence-corrected chi connectivity index (χ2v) is 5.59. The minimum atomic E-state index is 0.730. The largest absolute Gasteiger partial charge is 0.312 e. The van der Waals surface area contributed by atoms with E-state index in [4.69, 9.17) is 0 Å². The van der Waals surface area contributed by atoms with Gasteiger partial charge >= 0.3 is 0 Å². The molecule has 2 aliphatic rings. The molecule has 2 fully saturated rings. The summed E-state index contributed by atoms with van der Waals surface area (Å²) in [5.74, 6) is 0. The molecule has 1 N–H and O–H groups in total. The molecular formula is C14H24N4. The first-order valence-corrected chi connectivity index (χ1v) is 7.35. The Kier molecular flexibility index (Phi) is 3.66. The van der Waals surface area contributed by atoms with Gasteiger partial charge in [0.2, 0.25) is 0 Å². The van der Waals surface area contributed by atoms with Crippen molar-refractivity contribution in [2.24, 2.45) is 0 Å². The third-order valence-electron chi connectivity index (χ3n) is 4.37. The Morgan fingerprint density at radius 1 is 1.39 bits per heavy atom. The number of rotatable bonds is 4. The lowest BCUT2D eigenvalue weighted by Crippen LogP contribution is -2.43. The predicted molar refractivity (Wildman–Crippen MR) is 72.4 cm³/mol. The molecule has 4 nitrogen and oxygen atoms in total. The van der Waals surface area contributed by atoms with Crippen LogP contribution in [0, 0.1) is 0 Å². The number of hydrogen-bond donors (Lipinski definition) is 1. The third-order valence-corrected chi connectivity index (χ3v) is 4.37. The number of aryl methyl sites for hydroxylation is 1. The highest BCUT2D eigenvalue weighted by Crippen LogP contribution is 2.26. The van der Waals surface area contributed by atoms with E-state index in [0.717, 1.165) is 25.2 Å². The number of likely N-dealkylation sites (tertiary alicyclic amines) is 1. The molecule has 3 rings (SSSR count). The molecular weight excluding hydrogens is 224 g/mol. The Hall–Kier alpha value is -0.870. The third kappa shape index (κ3) is 2.45. The zero-order valence-corrected chi connectivity index (χ0v) is 11.3. The minimum absolute atomic E-state index is 0.730. The predicted octanol–water partition coefficient (Wildman–Crippen LogP) is 1.62. The molecule has 1 aromatic heterocycles. The summed E-state index contributed by atoms with van der Waals surface area (Å²) >= 11 is 0. The highest BCUT2D eigenvalue weighted by molar-refractivity contribution is 5.05. The zero-order valence-electron chi connectivity index (χ0n) is 11.3. The van der Waals surface area contributed by atoms with E-state index >= 15 is 0 Å². The zero-order chi connectivity index (χ0) is 12.4. The van der Waals surface area contributed by atoms with Gasteiger partial charge in [-0.15, -0.1) is 0 Å². The highest BCUT2D eigenvalue weighted by Gasteiger charge is 2.33. The van der Waals surface area contributed by atoms with E-state index in [1.54, 1.807) is 0 Å². The summed E-state index contributed by atoms with van der Waals surface area (Å²) in [4.78, 5) is 2.65. The average Bonchev–Trinajstić information content (AvgIpc) is 3.09. The molecule has 0 aromatic carbocycles. The summed E-state index contributed by atoms with van der Waals surface area (Å²) in [7, 11) is 0. The molecule has 4 heteroatoms. The van der Waals surface area contributed by atoms with Crippen LogP contribution >= 0.6 is 0 Å². The van der Waals surface area contributed by atoms with Crippen molar-refractivity contribution >= 4 is 0 Å². The van der Waals surface area contributed by atoms with Crippen LogP contribution in [0.2, 0.25) is 0 Å². The molecule has 1 aromatic rings. The van der Waals surface area contributed by atoms with Crippen molar-refractivity contribution in [3.05, 3.63) is 18.0 Å². The maximum Gasteiger partial charge on any atom is 0.0534 e. The van der Waals surface area contributed by atoms with Gasteiger partial charge in [-0.05, 0) is 45.7 Å². The van der Waals surface area contributed by atoms with Crippen LogP contribution in [0.3, 0.4) is 0 Å². The SMILES string of the molecule is CCn1cc(CN2CCCC2C2CCCN2)cn1. The fourth-order valence-corrected chi connectivity index (χ4v) is 3.44. The van der Waals surface area contributed by atoms with Crippen LogP contribution in [0.4, 0.5) is 0 Å². The molecule has 2 saturated heterocycles. The molecule has 0 bridgehead atoms. The Morgan fingerprint density at radius 3 is 3.06 bits per heavy atom. The van der Waals surface area contributed by atoms with E-state index in [2.05, 4.69) is 28.4 Å². The maximum absolute atomic E-state index is 4.37. The van der Waals surface area contributed by atoms with Crippen LogP contribution in [0.25, 0.3) is 0 Å². The summed E-state index contributed by atoms with van der Waals surface area (Å²) in [6.45, 7) is 6.64. The summed E-state index contributed by atoms with van der Waals surface area (Å²) in [6, 6.07) is 1.48. The second kappa shape index (κ2) is 5.41. The number of nitrogens with one attached hydrogen (secondary N) is 1. The minimum Gasteiger partial charge on any atom is -0.312 e. The maximum atomic E-state index is 4.37. The topological polar surface area (TPSA) is 33.1 Å². The average molecular weight is 248 g/mol. The Labute approximate surface area is 109 Å². The van der Waals surface area contributed by atoms with Crippen molar-refractivity contribution in [2.45, 2.75) is 57.8 Å². The molecule has 0 amide bonds. The fourth-order valence-electron chi connectivity index (χ4n) is 3.44. The summed E-state index contributed by atoms with van der Waals surface area (Å²) < 4.78 is 2.02. The first-order chi connectivity index (χ1) is 8.86. The lowest BCUT2D eigenvalue weighted by atomic mass is 10.0. The van der Waals surface area contributed by atoms with E-state index < -0.39 is 0 Å². The Balaban J connectivity index is 1.63. The summed E-state index contributed by atoms with van der Waals surface area (Å²) in [5, 5.41) is 8.04. The van der Waals surface area contributed by atoms with Crippen molar-refractivity contribution in [2.75, 3.05) is 13.1 Å². The molecule has 0 radical (unpaired) electrons. The van der Waals surface area contributed by atoms with Crippen molar-refractivity contribution in [1.82, 2.24) is 20.0 Å². The van der Waals surface area contributed by atoms with Gasteiger partial charge in [0.05, 0.1) is 6.20 Å². The van der Waals surface area contributed by atoms with Crippen molar-refractivity contribution in [3.63, 3.8) is 0 Å². The molecule has 2 atom stereocenters. The van der Waals surface area contributed by atoms with Crippen LogP contribution in [-0.4, -0.2) is 39.9 Å². The molecule has 3 heterocycles. The highest BCUT2D eigenvalue weighted by atomic mass is 15.3. The molecule has 18 heavy (non-hydrogen) atoms. The molecule has 0 saturated carbocycles. The summed E-state index contributed by atoms with van der Waals surface area (Å²) in [5.41, 5.74) is 1.36. The van der Waals surface area contributed by atoms with Gasteiger partial charge in [-0.2, -0.15) is 5.10 Å². The lowest BCUT2D eigenvalue weighted by Gasteiger charge is -2.29. The normalized spacial score (nSPS) is 29.2. The van der Waals surface area contributed by atoms with E-state index in [0.29, 0.717) is 0 Å². The van der Waals surface area contributed by atoms with Gasteiger partial charge in [-0.25, -0.2) is 0 Å². The molecule has 2 unspecified atom stereocenters. The van der Waals surface area contributed by atoms with Crippen LogP contribution < -0.4 is 5.32 Å². The van der Waals surface area contributed by atoms with Gasteiger partial charge in [0, 0.05) is 36.9 Å². The molecule has 0 aliphatic carbocycles. The smallest absolute Gasteiger partial charge is 0.0534 e. The van der Waals surface area contributed by atoms with E-state index in [1.165, 1.54) is 44.3 Å². The summed E-state index contributed by atoms with van der Waals surface area (Å²) in [6.07, 6.45) is 9.64. The molecule has 2 aliphatic heterocycles. The van der Waals surface area contributed by atoms with Crippen LogP contribution in [0.1, 0.15) is 38.2 Å². The number of nitrogens with zero attached hydrogens (tertiary/aromatic N) is 3. The second-order valence-electron chi connectivity index (χ2n) is 5.59. The van der Waals surface area contributed by atoms with Gasteiger partial charge in [0.1, 0.15) is 0 Å². The first-order valence-electron chi connectivity index (χ1n) is 7.35. The standard InChI is InChI=1S/C14H24N4/c1-2-18-11-12(9-16-18)10-17-8-4-6-14(17)13-5-3-7-15-13/h9,11,13-15H,2-8,10H2,1H3. The quantitative estimate of drug-likeness (QED) is 0.879. The fraction of sp³-hybridized carbons (Fsp3) is 0.786.